The summed E-state index contributed by atoms with van der Waals surface area (Å²) in [6, 6.07) is 4.39. The Kier molecular flexibility index (Phi) is 2.70. The Hall–Kier alpha value is -2.37. The van der Waals surface area contributed by atoms with Crippen molar-refractivity contribution < 1.29 is 9.13 Å². The maximum absolute atomic E-state index is 13.0. The minimum Gasteiger partial charge on any atom is -0.492 e. The van der Waals surface area contributed by atoms with E-state index in [0.29, 0.717) is 24.5 Å². The van der Waals surface area contributed by atoms with Crippen LogP contribution in [0.3, 0.4) is 0 Å². The number of nitrogens with one attached hydrogen (secondary N) is 2. The van der Waals surface area contributed by atoms with E-state index >= 15 is 0 Å². The summed E-state index contributed by atoms with van der Waals surface area (Å²) in [7, 11) is 0. The molecule has 2 aromatic rings. The summed E-state index contributed by atoms with van der Waals surface area (Å²) in [4.78, 5) is 27.2. The third-order valence-corrected chi connectivity index (χ3v) is 3.20. The summed E-state index contributed by atoms with van der Waals surface area (Å²) in [6.07, 6.45) is 2.10. The fraction of sp³-hybridized carbons (Fsp3) is 0.231. The first-order valence-electron chi connectivity index (χ1n) is 5.86. The van der Waals surface area contributed by atoms with Crippen molar-refractivity contribution in [2.24, 2.45) is 0 Å². The Balaban J connectivity index is 1.93. The zero-order chi connectivity index (χ0) is 13.4. The van der Waals surface area contributed by atoms with Crippen molar-refractivity contribution in [2.45, 2.75) is 12.3 Å². The highest BCUT2D eigenvalue weighted by Crippen LogP contribution is 2.31. The minimum absolute atomic E-state index is 0.0671. The van der Waals surface area contributed by atoms with E-state index in [1.54, 1.807) is 6.07 Å². The SMILES string of the molecule is O=c1[nH]cc(C2COc3cc(F)ccc3C2)[nH]c1=O. The van der Waals surface area contributed by atoms with E-state index in [-0.39, 0.29) is 11.7 Å². The van der Waals surface area contributed by atoms with Gasteiger partial charge in [-0.2, -0.15) is 0 Å². The van der Waals surface area contributed by atoms with E-state index in [0.717, 1.165) is 5.56 Å². The van der Waals surface area contributed by atoms with Gasteiger partial charge in [0, 0.05) is 23.9 Å². The Morgan fingerprint density at radius 1 is 1.26 bits per heavy atom. The molecular formula is C13H11FN2O3. The third-order valence-electron chi connectivity index (χ3n) is 3.20. The normalized spacial score (nSPS) is 17.6. The fourth-order valence-electron chi connectivity index (χ4n) is 2.20. The molecule has 19 heavy (non-hydrogen) atoms. The number of ether oxygens (including phenoxy) is 1. The quantitative estimate of drug-likeness (QED) is 0.750. The van der Waals surface area contributed by atoms with E-state index < -0.39 is 11.1 Å². The molecule has 0 fully saturated rings. The minimum atomic E-state index is -0.678. The monoisotopic (exact) mass is 262 g/mol. The van der Waals surface area contributed by atoms with Gasteiger partial charge in [-0.05, 0) is 18.1 Å². The second-order valence-corrected chi connectivity index (χ2v) is 4.49. The molecule has 3 rings (SSSR count). The Labute approximate surface area is 107 Å². The number of benzene rings is 1. The molecule has 1 aromatic heterocycles. The lowest BCUT2D eigenvalue weighted by Crippen LogP contribution is -2.32. The lowest BCUT2D eigenvalue weighted by molar-refractivity contribution is 0.258. The van der Waals surface area contributed by atoms with Crippen LogP contribution >= 0.6 is 0 Å². The molecule has 1 atom stereocenters. The van der Waals surface area contributed by atoms with E-state index in [9.17, 15) is 14.0 Å². The van der Waals surface area contributed by atoms with Crippen molar-refractivity contribution >= 4 is 0 Å². The largest absolute Gasteiger partial charge is 0.492 e. The van der Waals surface area contributed by atoms with Gasteiger partial charge in [-0.1, -0.05) is 6.07 Å². The summed E-state index contributed by atoms with van der Waals surface area (Å²) < 4.78 is 18.5. The van der Waals surface area contributed by atoms with Crippen LogP contribution in [0.25, 0.3) is 0 Å². The van der Waals surface area contributed by atoms with E-state index in [4.69, 9.17) is 4.74 Å². The average molecular weight is 262 g/mol. The summed E-state index contributed by atoms with van der Waals surface area (Å²) in [5.74, 6) is 0.125. The van der Waals surface area contributed by atoms with Crippen molar-refractivity contribution in [3.8, 4) is 5.75 Å². The number of halogens is 1. The van der Waals surface area contributed by atoms with E-state index in [1.165, 1.54) is 18.3 Å². The molecule has 0 saturated carbocycles. The summed E-state index contributed by atoms with van der Waals surface area (Å²) in [5.41, 5.74) is 0.134. The van der Waals surface area contributed by atoms with Crippen LogP contribution in [0.4, 0.5) is 4.39 Å². The number of rotatable bonds is 1. The first kappa shape index (κ1) is 11.7. The van der Waals surface area contributed by atoms with Gasteiger partial charge in [0.05, 0.1) is 6.61 Å². The molecular weight excluding hydrogens is 251 g/mol. The van der Waals surface area contributed by atoms with Crippen LogP contribution in [0.15, 0.2) is 34.0 Å². The molecule has 0 bridgehead atoms. The van der Waals surface area contributed by atoms with Crippen LogP contribution in [-0.4, -0.2) is 16.6 Å². The molecule has 6 heteroatoms. The number of hydrogen-bond acceptors (Lipinski definition) is 3. The van der Waals surface area contributed by atoms with Gasteiger partial charge in [0.15, 0.2) is 0 Å². The Morgan fingerprint density at radius 2 is 2.11 bits per heavy atom. The van der Waals surface area contributed by atoms with Crippen LogP contribution in [0.1, 0.15) is 17.2 Å². The molecule has 0 spiro atoms. The van der Waals surface area contributed by atoms with Crippen LogP contribution < -0.4 is 15.9 Å². The van der Waals surface area contributed by atoms with E-state index in [2.05, 4.69) is 9.97 Å². The summed E-state index contributed by atoms with van der Waals surface area (Å²) in [5, 5.41) is 0. The van der Waals surface area contributed by atoms with Crippen LogP contribution in [0, 0.1) is 5.82 Å². The van der Waals surface area contributed by atoms with Crippen LogP contribution in [0.2, 0.25) is 0 Å². The molecule has 1 aliphatic heterocycles. The fourth-order valence-corrected chi connectivity index (χ4v) is 2.20. The van der Waals surface area contributed by atoms with Gasteiger partial charge in [-0.15, -0.1) is 0 Å². The summed E-state index contributed by atoms with van der Waals surface area (Å²) in [6.45, 7) is 0.332. The topological polar surface area (TPSA) is 75.0 Å². The number of H-pyrrole nitrogens is 2. The Bertz CT molecular complexity index is 735. The lowest BCUT2D eigenvalue weighted by Gasteiger charge is -2.25. The van der Waals surface area contributed by atoms with Gasteiger partial charge in [0.2, 0.25) is 0 Å². The average Bonchev–Trinajstić information content (AvgIpc) is 2.41. The number of fused-ring (bicyclic) bond motifs is 1. The van der Waals surface area contributed by atoms with Crippen molar-refractivity contribution in [1.29, 1.82) is 0 Å². The summed E-state index contributed by atoms with van der Waals surface area (Å²) >= 11 is 0. The third kappa shape index (κ3) is 2.16. The number of aromatic amines is 2. The lowest BCUT2D eigenvalue weighted by atomic mass is 9.94. The van der Waals surface area contributed by atoms with Crippen LogP contribution in [0.5, 0.6) is 5.75 Å². The standard InChI is InChI=1S/C13H11FN2O3/c14-9-2-1-7-3-8(6-19-11(7)4-9)10-5-15-12(17)13(18)16-10/h1-2,4-5,8H,3,6H2,(H,15,17)(H,16,18). The molecule has 1 aromatic carbocycles. The molecule has 0 radical (unpaired) electrons. The highest BCUT2D eigenvalue weighted by Gasteiger charge is 2.22. The highest BCUT2D eigenvalue weighted by atomic mass is 19.1. The first-order chi connectivity index (χ1) is 9.13. The van der Waals surface area contributed by atoms with E-state index in [1.807, 2.05) is 0 Å². The number of hydrogen-bond donors (Lipinski definition) is 2. The number of aromatic nitrogens is 2. The molecule has 0 saturated heterocycles. The molecule has 2 N–H and O–H groups in total. The molecule has 98 valence electrons. The second-order valence-electron chi connectivity index (χ2n) is 4.49. The molecule has 0 amide bonds. The molecule has 1 aliphatic rings. The van der Waals surface area contributed by atoms with Gasteiger partial charge in [-0.25, -0.2) is 4.39 Å². The second kappa shape index (κ2) is 4.38. The van der Waals surface area contributed by atoms with Gasteiger partial charge in [0.1, 0.15) is 11.6 Å². The predicted octanol–water partition coefficient (Wildman–Crippen LogP) is 0.921. The molecule has 0 aliphatic carbocycles. The zero-order valence-electron chi connectivity index (χ0n) is 9.90. The molecule has 2 heterocycles. The van der Waals surface area contributed by atoms with Gasteiger partial charge < -0.3 is 14.7 Å². The van der Waals surface area contributed by atoms with Crippen molar-refractivity contribution in [1.82, 2.24) is 9.97 Å². The maximum Gasteiger partial charge on any atom is 0.313 e. The molecule has 1 unspecified atom stereocenters. The first-order valence-corrected chi connectivity index (χ1v) is 5.86. The predicted molar refractivity (Wildman–Crippen MR) is 66.0 cm³/mol. The van der Waals surface area contributed by atoms with Crippen molar-refractivity contribution in [2.75, 3.05) is 6.61 Å². The maximum atomic E-state index is 13.0. The van der Waals surface area contributed by atoms with Crippen LogP contribution in [-0.2, 0) is 6.42 Å². The molecule has 5 nitrogen and oxygen atoms in total. The highest BCUT2D eigenvalue weighted by molar-refractivity contribution is 5.37. The van der Waals surface area contributed by atoms with Gasteiger partial charge in [-0.3, -0.25) is 9.59 Å². The smallest absolute Gasteiger partial charge is 0.313 e. The van der Waals surface area contributed by atoms with Crippen molar-refractivity contribution in [3.05, 3.63) is 62.2 Å². The van der Waals surface area contributed by atoms with Crippen molar-refractivity contribution in [3.63, 3.8) is 0 Å². The zero-order valence-corrected chi connectivity index (χ0v) is 9.90. The Morgan fingerprint density at radius 3 is 2.89 bits per heavy atom. The van der Waals surface area contributed by atoms with Gasteiger partial charge in [0.25, 0.3) is 0 Å². The van der Waals surface area contributed by atoms with Gasteiger partial charge >= 0.3 is 11.1 Å².